The number of anilines is 1. The van der Waals surface area contributed by atoms with Gasteiger partial charge in [0.1, 0.15) is 0 Å². The van der Waals surface area contributed by atoms with Crippen LogP contribution in [0, 0.1) is 11.3 Å². The fraction of sp³-hybridized carbons (Fsp3) is 0.607. The molecule has 6 rings (SSSR count). The summed E-state index contributed by atoms with van der Waals surface area (Å²) in [5.74, 6) is 1.56. The maximum Gasteiger partial charge on any atom is 0.226 e. The molecule has 0 aliphatic carbocycles. The van der Waals surface area contributed by atoms with Crippen LogP contribution in [-0.2, 0) is 16.1 Å². The summed E-state index contributed by atoms with van der Waals surface area (Å²) in [6, 6.07) is 10.3. The molecule has 1 atom stereocenters. The van der Waals surface area contributed by atoms with E-state index in [4.69, 9.17) is 9.72 Å². The first-order valence-corrected chi connectivity index (χ1v) is 13.1. The lowest BCUT2D eigenvalue weighted by Crippen LogP contribution is -2.57. The molecular formula is C28H39N5O2. The molecule has 0 spiro atoms. The molecule has 4 saturated heterocycles. The number of aromatic nitrogens is 2. The van der Waals surface area contributed by atoms with Crippen LogP contribution in [0.25, 0.3) is 11.3 Å². The molecule has 1 aromatic heterocycles. The molecular weight excluding hydrogens is 438 g/mol. The smallest absolute Gasteiger partial charge is 0.226 e. The molecule has 5 heterocycles. The molecule has 188 valence electrons. The highest BCUT2D eigenvalue weighted by Gasteiger charge is 2.45. The summed E-state index contributed by atoms with van der Waals surface area (Å²) in [6.07, 6.45) is 6.90. The van der Waals surface area contributed by atoms with Gasteiger partial charge in [-0.05, 0) is 69.7 Å². The van der Waals surface area contributed by atoms with Crippen molar-refractivity contribution in [1.82, 2.24) is 20.2 Å². The molecule has 1 N–H and O–H groups in total. The third-order valence-electron chi connectivity index (χ3n) is 8.74. The highest BCUT2D eigenvalue weighted by atomic mass is 16.5. The van der Waals surface area contributed by atoms with Gasteiger partial charge in [0.25, 0.3) is 0 Å². The van der Waals surface area contributed by atoms with E-state index in [-0.39, 0.29) is 16.9 Å². The van der Waals surface area contributed by atoms with Crippen molar-refractivity contribution in [2.45, 2.75) is 58.1 Å². The first kappa shape index (κ1) is 24.2. The van der Waals surface area contributed by atoms with E-state index in [2.05, 4.69) is 58.2 Å². The maximum atomic E-state index is 13.6. The zero-order valence-corrected chi connectivity index (χ0v) is 21.4. The van der Waals surface area contributed by atoms with Crippen LogP contribution in [0.2, 0.25) is 0 Å². The second-order valence-corrected chi connectivity index (χ2v) is 11.2. The van der Waals surface area contributed by atoms with Crippen molar-refractivity contribution in [3.63, 3.8) is 0 Å². The average molecular weight is 478 g/mol. The van der Waals surface area contributed by atoms with Gasteiger partial charge in [0, 0.05) is 49.5 Å². The van der Waals surface area contributed by atoms with Crippen LogP contribution in [-0.4, -0.2) is 66.1 Å². The molecule has 4 aliphatic rings. The number of methoxy groups -OCH3 is 1. The summed E-state index contributed by atoms with van der Waals surface area (Å²) < 4.78 is 5.21. The summed E-state index contributed by atoms with van der Waals surface area (Å²) in [6.45, 7) is 10.1. The molecule has 0 saturated carbocycles. The Morgan fingerprint density at radius 1 is 1.03 bits per heavy atom. The highest BCUT2D eigenvalue weighted by molar-refractivity contribution is 5.83. The Kier molecular flexibility index (Phi) is 6.82. The van der Waals surface area contributed by atoms with Gasteiger partial charge < -0.3 is 19.9 Å². The van der Waals surface area contributed by atoms with Gasteiger partial charge in [-0.1, -0.05) is 31.2 Å². The number of nitrogens with one attached hydrogen (secondary N) is 1. The molecule has 1 aromatic carbocycles. The van der Waals surface area contributed by atoms with Gasteiger partial charge in [-0.15, -0.1) is 0 Å². The normalized spacial score (nSPS) is 27.9. The van der Waals surface area contributed by atoms with Crippen molar-refractivity contribution in [3.05, 3.63) is 42.1 Å². The minimum Gasteiger partial charge on any atom is -0.380 e. The van der Waals surface area contributed by atoms with Gasteiger partial charge in [-0.25, -0.2) is 9.97 Å². The fourth-order valence-corrected chi connectivity index (χ4v) is 5.99. The van der Waals surface area contributed by atoms with Gasteiger partial charge in [0.15, 0.2) is 0 Å². The Morgan fingerprint density at radius 3 is 2.43 bits per heavy atom. The molecule has 4 aliphatic heterocycles. The first-order valence-electron chi connectivity index (χ1n) is 13.1. The van der Waals surface area contributed by atoms with Crippen LogP contribution >= 0.6 is 0 Å². The van der Waals surface area contributed by atoms with Crippen molar-refractivity contribution >= 4 is 11.9 Å². The van der Waals surface area contributed by atoms with Gasteiger partial charge >= 0.3 is 0 Å². The largest absolute Gasteiger partial charge is 0.380 e. The lowest BCUT2D eigenvalue weighted by molar-refractivity contribution is -0.134. The SMILES string of the molecule is COCc1ccc(-c2ccnc(N3CCC(C)(C(=O)NC4(C)CCN5CCC4CC5)CC3)n2)cc1. The summed E-state index contributed by atoms with van der Waals surface area (Å²) in [4.78, 5) is 27.7. The van der Waals surface area contributed by atoms with Gasteiger partial charge in [0.2, 0.25) is 11.9 Å². The Bertz CT molecular complexity index is 1030. The van der Waals surface area contributed by atoms with Gasteiger partial charge in [-0.2, -0.15) is 0 Å². The molecule has 2 aromatic rings. The second-order valence-electron chi connectivity index (χ2n) is 11.2. The summed E-state index contributed by atoms with van der Waals surface area (Å²) in [5.41, 5.74) is 2.69. The van der Waals surface area contributed by atoms with Crippen LogP contribution in [0.3, 0.4) is 0 Å². The third kappa shape index (κ3) is 5.07. The molecule has 0 radical (unpaired) electrons. The summed E-state index contributed by atoms with van der Waals surface area (Å²) >= 11 is 0. The number of carbonyl (C=O) groups is 1. The number of piperidine rings is 2. The van der Waals surface area contributed by atoms with Crippen LogP contribution in [0.15, 0.2) is 36.5 Å². The number of ether oxygens (including phenoxy) is 1. The molecule has 2 bridgehead atoms. The minimum atomic E-state index is -0.348. The number of hydrogen-bond acceptors (Lipinski definition) is 6. The zero-order chi connectivity index (χ0) is 24.5. The molecule has 1 unspecified atom stereocenters. The molecule has 7 heteroatoms. The van der Waals surface area contributed by atoms with Gasteiger partial charge in [0.05, 0.1) is 12.3 Å². The Morgan fingerprint density at radius 2 is 1.74 bits per heavy atom. The topological polar surface area (TPSA) is 70.6 Å². The van der Waals surface area contributed by atoms with Crippen LogP contribution < -0.4 is 10.2 Å². The number of hydrogen-bond donors (Lipinski definition) is 1. The Hall–Kier alpha value is -2.51. The molecule has 1 amide bonds. The first-order chi connectivity index (χ1) is 16.9. The number of rotatable bonds is 6. The second kappa shape index (κ2) is 9.86. The van der Waals surface area contributed by atoms with Gasteiger partial charge in [-0.3, -0.25) is 4.79 Å². The highest BCUT2D eigenvalue weighted by Crippen LogP contribution is 2.38. The number of nitrogens with zero attached hydrogens (tertiary/aromatic N) is 4. The number of fused-ring (bicyclic) bond motifs is 4. The standard InChI is InChI=1S/C28H39N5O2/c1-27(25(34)31-28(2)13-17-32-15-9-23(28)10-16-32)11-18-33(19-12-27)26-29-14-8-24(30-26)22-6-4-21(5-7-22)20-35-3/h4-8,14,23H,9-13,15-20H2,1-3H3,(H,31,34). The van der Waals surface area contributed by atoms with E-state index in [1.54, 1.807) is 7.11 Å². The molecule has 4 fully saturated rings. The summed E-state index contributed by atoms with van der Waals surface area (Å²) in [5, 5.41) is 3.55. The van der Waals surface area contributed by atoms with Crippen molar-refractivity contribution in [1.29, 1.82) is 0 Å². The predicted molar refractivity (Wildman–Crippen MR) is 138 cm³/mol. The lowest BCUT2D eigenvalue weighted by atomic mass is 9.75. The van der Waals surface area contributed by atoms with Crippen molar-refractivity contribution in [2.24, 2.45) is 11.3 Å². The summed E-state index contributed by atoms with van der Waals surface area (Å²) in [7, 11) is 1.71. The predicted octanol–water partition coefficient (Wildman–Crippen LogP) is 3.89. The number of carbonyl (C=O) groups excluding carboxylic acids is 1. The van der Waals surface area contributed by atoms with E-state index in [0.717, 1.165) is 61.7 Å². The lowest BCUT2D eigenvalue weighted by Gasteiger charge is -2.43. The number of benzene rings is 1. The molecule has 35 heavy (non-hydrogen) atoms. The fourth-order valence-electron chi connectivity index (χ4n) is 5.99. The monoisotopic (exact) mass is 477 g/mol. The van der Waals surface area contributed by atoms with E-state index in [1.165, 1.54) is 25.9 Å². The van der Waals surface area contributed by atoms with Crippen LogP contribution in [0.4, 0.5) is 5.95 Å². The van der Waals surface area contributed by atoms with E-state index < -0.39 is 0 Å². The van der Waals surface area contributed by atoms with Crippen molar-refractivity contribution in [3.8, 4) is 11.3 Å². The van der Waals surface area contributed by atoms with Crippen LogP contribution in [0.1, 0.15) is 51.5 Å². The third-order valence-corrected chi connectivity index (χ3v) is 8.74. The maximum absolute atomic E-state index is 13.6. The Labute approximate surface area is 209 Å². The van der Waals surface area contributed by atoms with E-state index in [0.29, 0.717) is 12.5 Å². The van der Waals surface area contributed by atoms with Crippen molar-refractivity contribution in [2.75, 3.05) is 44.7 Å². The van der Waals surface area contributed by atoms with Crippen LogP contribution in [0.5, 0.6) is 0 Å². The van der Waals surface area contributed by atoms with Crippen molar-refractivity contribution < 1.29 is 9.53 Å². The average Bonchev–Trinajstić information content (AvgIpc) is 3.13. The molecule has 7 nitrogen and oxygen atoms in total. The zero-order valence-electron chi connectivity index (χ0n) is 21.4. The number of amides is 1. The quantitative estimate of drug-likeness (QED) is 0.681. The van der Waals surface area contributed by atoms with E-state index in [1.807, 2.05) is 12.3 Å². The van der Waals surface area contributed by atoms with E-state index in [9.17, 15) is 4.79 Å². The Balaban J connectivity index is 1.22. The van der Waals surface area contributed by atoms with E-state index >= 15 is 0 Å². The minimum absolute atomic E-state index is 0.0846.